The Morgan fingerprint density at radius 3 is 2.80 bits per heavy atom. The minimum absolute atomic E-state index is 0.618. The number of hydrogen-bond acceptors (Lipinski definition) is 2. The predicted molar refractivity (Wildman–Crippen MR) is 84.6 cm³/mol. The van der Waals surface area contributed by atoms with Crippen LogP contribution in [0.25, 0.3) is 0 Å². The van der Waals surface area contributed by atoms with Crippen LogP contribution in [0.1, 0.15) is 23.1 Å². The van der Waals surface area contributed by atoms with E-state index in [4.69, 9.17) is 0 Å². The molecule has 0 aromatic heterocycles. The van der Waals surface area contributed by atoms with Crippen LogP contribution < -0.4 is 5.32 Å². The highest BCUT2D eigenvalue weighted by molar-refractivity contribution is 9.10. The number of anilines is 1. The molecule has 1 atom stereocenters. The zero-order chi connectivity index (χ0) is 14.2. The molecule has 2 aromatic rings. The van der Waals surface area contributed by atoms with Gasteiger partial charge in [-0.05, 0) is 54.7 Å². The second-order valence-electron chi connectivity index (χ2n) is 5.28. The largest absolute Gasteiger partial charge is 0.364 e. The lowest BCUT2D eigenvalue weighted by molar-refractivity contribution is 0.621. The van der Waals surface area contributed by atoms with Gasteiger partial charge in [0.25, 0.3) is 0 Å². The summed E-state index contributed by atoms with van der Waals surface area (Å²) in [6.07, 6.45) is 1.72. The molecule has 1 aliphatic rings. The zero-order valence-electron chi connectivity index (χ0n) is 11.3. The molecule has 0 radical (unpaired) electrons. The summed E-state index contributed by atoms with van der Waals surface area (Å²) in [6, 6.07) is 16.8. The number of rotatable bonds is 2. The van der Waals surface area contributed by atoms with Crippen LogP contribution in [0.5, 0.6) is 0 Å². The van der Waals surface area contributed by atoms with E-state index in [1.54, 1.807) is 0 Å². The summed E-state index contributed by atoms with van der Waals surface area (Å²) in [5.41, 5.74) is 3.91. The molecule has 20 heavy (non-hydrogen) atoms. The first kappa shape index (κ1) is 13.2. The third kappa shape index (κ3) is 2.10. The van der Waals surface area contributed by atoms with Gasteiger partial charge in [0.2, 0.25) is 0 Å². The highest BCUT2D eigenvalue weighted by Gasteiger charge is 2.39. The number of hydrogen-bond donors (Lipinski definition) is 1. The second-order valence-corrected chi connectivity index (χ2v) is 6.13. The molecule has 2 nitrogen and oxygen atoms in total. The first-order valence-corrected chi connectivity index (χ1v) is 7.48. The van der Waals surface area contributed by atoms with Gasteiger partial charge >= 0.3 is 0 Å². The quantitative estimate of drug-likeness (QED) is 0.879. The van der Waals surface area contributed by atoms with Crippen LogP contribution >= 0.6 is 15.9 Å². The van der Waals surface area contributed by atoms with Crippen LogP contribution in [0.3, 0.4) is 0 Å². The molecule has 3 rings (SSSR count). The summed E-state index contributed by atoms with van der Waals surface area (Å²) in [5, 5.41) is 13.2. The Morgan fingerprint density at radius 2 is 2.05 bits per heavy atom. The van der Waals surface area contributed by atoms with Crippen molar-refractivity contribution in [3.8, 4) is 6.07 Å². The summed E-state index contributed by atoms with van der Waals surface area (Å²) >= 11 is 3.59. The molecule has 0 spiro atoms. The lowest BCUT2D eigenvalue weighted by Crippen LogP contribution is -2.31. The Balaban J connectivity index is 2.04. The maximum atomic E-state index is 9.76. The predicted octanol–water partition coefficient (Wildman–Crippen LogP) is 4.53. The van der Waals surface area contributed by atoms with Crippen molar-refractivity contribution in [3.05, 3.63) is 63.6 Å². The van der Waals surface area contributed by atoms with Crippen LogP contribution in [-0.4, -0.2) is 0 Å². The van der Waals surface area contributed by atoms with Crippen molar-refractivity contribution >= 4 is 21.6 Å². The van der Waals surface area contributed by atoms with Gasteiger partial charge in [-0.3, -0.25) is 0 Å². The van der Waals surface area contributed by atoms with E-state index in [1.165, 1.54) is 11.1 Å². The van der Waals surface area contributed by atoms with Crippen molar-refractivity contribution in [2.45, 2.75) is 25.3 Å². The van der Waals surface area contributed by atoms with Crippen molar-refractivity contribution in [3.63, 3.8) is 0 Å². The standard InChI is InChI=1S/C17H15BrN2/c1-12-4-2-5-13(10-12)20-17(11-19)9-8-14-15(17)6-3-7-16(14)18/h2-7,10,20H,8-9H2,1H3. The van der Waals surface area contributed by atoms with Crippen LogP contribution in [0.2, 0.25) is 0 Å². The number of benzene rings is 2. The van der Waals surface area contributed by atoms with Crippen LogP contribution in [-0.2, 0) is 12.0 Å². The molecule has 0 heterocycles. The van der Waals surface area contributed by atoms with E-state index in [2.05, 4.69) is 52.4 Å². The van der Waals surface area contributed by atoms with E-state index in [-0.39, 0.29) is 0 Å². The van der Waals surface area contributed by atoms with Gasteiger partial charge in [0.15, 0.2) is 5.54 Å². The molecule has 100 valence electrons. The fourth-order valence-electron chi connectivity index (χ4n) is 2.90. The van der Waals surface area contributed by atoms with Gasteiger partial charge in [-0.15, -0.1) is 0 Å². The van der Waals surface area contributed by atoms with Crippen molar-refractivity contribution in [1.82, 2.24) is 0 Å². The van der Waals surface area contributed by atoms with Crippen LogP contribution in [0, 0.1) is 18.3 Å². The molecule has 0 fully saturated rings. The van der Waals surface area contributed by atoms with E-state index >= 15 is 0 Å². The van der Waals surface area contributed by atoms with E-state index in [0.29, 0.717) is 0 Å². The summed E-state index contributed by atoms with van der Waals surface area (Å²) in [6.45, 7) is 2.06. The SMILES string of the molecule is Cc1cccc(NC2(C#N)CCc3c(Br)cccc32)c1. The molecule has 1 N–H and O–H groups in total. The minimum atomic E-state index is -0.618. The van der Waals surface area contributed by atoms with Crippen molar-refractivity contribution in [2.24, 2.45) is 0 Å². The molecule has 1 aliphatic carbocycles. The number of nitrogens with one attached hydrogen (secondary N) is 1. The second kappa shape index (κ2) is 4.96. The van der Waals surface area contributed by atoms with E-state index in [9.17, 15) is 5.26 Å². The molecule has 2 aromatic carbocycles. The maximum absolute atomic E-state index is 9.76. The molecule has 0 aliphatic heterocycles. The van der Waals surface area contributed by atoms with Crippen LogP contribution in [0.15, 0.2) is 46.9 Å². The molecule has 1 unspecified atom stereocenters. The average molecular weight is 327 g/mol. The van der Waals surface area contributed by atoms with Crippen molar-refractivity contribution < 1.29 is 0 Å². The van der Waals surface area contributed by atoms with Gasteiger partial charge in [0, 0.05) is 10.2 Å². The lowest BCUT2D eigenvalue weighted by atomic mass is 9.93. The smallest absolute Gasteiger partial charge is 0.151 e. The summed E-state index contributed by atoms with van der Waals surface area (Å²) in [7, 11) is 0. The van der Waals surface area contributed by atoms with E-state index < -0.39 is 5.54 Å². The molecule has 0 amide bonds. The van der Waals surface area contributed by atoms with E-state index in [0.717, 1.165) is 28.6 Å². The summed E-state index contributed by atoms with van der Waals surface area (Å²) in [4.78, 5) is 0. The molecule has 0 saturated carbocycles. The lowest BCUT2D eigenvalue weighted by Gasteiger charge is -2.25. The van der Waals surface area contributed by atoms with Gasteiger partial charge in [-0.2, -0.15) is 5.26 Å². The van der Waals surface area contributed by atoms with Gasteiger partial charge in [-0.25, -0.2) is 0 Å². The Labute approximate surface area is 127 Å². The average Bonchev–Trinajstić information content (AvgIpc) is 2.80. The van der Waals surface area contributed by atoms with E-state index in [1.807, 2.05) is 24.3 Å². The normalized spacial score (nSPS) is 20.2. The first-order valence-electron chi connectivity index (χ1n) is 6.69. The molecular formula is C17H15BrN2. The number of fused-ring (bicyclic) bond motifs is 1. The number of halogens is 1. The Bertz CT molecular complexity index is 702. The van der Waals surface area contributed by atoms with Gasteiger partial charge in [-0.1, -0.05) is 40.2 Å². The Hall–Kier alpha value is -1.79. The first-order chi connectivity index (χ1) is 9.64. The molecule has 0 bridgehead atoms. The molecule has 0 saturated heterocycles. The number of aryl methyl sites for hydroxylation is 1. The minimum Gasteiger partial charge on any atom is -0.364 e. The Morgan fingerprint density at radius 1 is 1.25 bits per heavy atom. The third-order valence-corrected chi connectivity index (χ3v) is 4.64. The summed E-state index contributed by atoms with van der Waals surface area (Å²) in [5.74, 6) is 0. The Kier molecular flexibility index (Phi) is 3.27. The fourth-order valence-corrected chi connectivity index (χ4v) is 3.47. The topological polar surface area (TPSA) is 35.8 Å². The van der Waals surface area contributed by atoms with Gasteiger partial charge < -0.3 is 5.32 Å². The number of nitriles is 1. The van der Waals surface area contributed by atoms with Crippen molar-refractivity contribution in [2.75, 3.05) is 5.32 Å². The fraction of sp³-hybridized carbons (Fsp3) is 0.235. The van der Waals surface area contributed by atoms with Crippen LogP contribution in [0.4, 0.5) is 5.69 Å². The maximum Gasteiger partial charge on any atom is 0.151 e. The number of nitrogens with zero attached hydrogens (tertiary/aromatic N) is 1. The molecule has 3 heteroatoms. The third-order valence-electron chi connectivity index (χ3n) is 3.90. The highest BCUT2D eigenvalue weighted by atomic mass is 79.9. The zero-order valence-corrected chi connectivity index (χ0v) is 12.9. The molecular weight excluding hydrogens is 312 g/mol. The van der Waals surface area contributed by atoms with Crippen molar-refractivity contribution in [1.29, 1.82) is 5.26 Å². The van der Waals surface area contributed by atoms with Gasteiger partial charge in [0.1, 0.15) is 0 Å². The van der Waals surface area contributed by atoms with Gasteiger partial charge in [0.05, 0.1) is 6.07 Å². The summed E-state index contributed by atoms with van der Waals surface area (Å²) < 4.78 is 1.10. The highest BCUT2D eigenvalue weighted by Crippen LogP contribution is 2.42. The monoisotopic (exact) mass is 326 g/mol.